The molecule has 1 aliphatic heterocycles. The molecule has 37 heavy (non-hydrogen) atoms. The lowest BCUT2D eigenvalue weighted by Crippen LogP contribution is -2.48. The molecule has 1 aromatic heterocycles. The third-order valence-corrected chi connectivity index (χ3v) is 7.71. The summed E-state index contributed by atoms with van der Waals surface area (Å²) in [5.74, 6) is -0.111. The molecule has 0 bridgehead atoms. The van der Waals surface area contributed by atoms with Gasteiger partial charge in [0.2, 0.25) is 5.91 Å². The Balaban J connectivity index is 1.37. The van der Waals surface area contributed by atoms with E-state index in [1.807, 2.05) is 71.8 Å². The molecule has 1 saturated carbocycles. The highest BCUT2D eigenvalue weighted by Crippen LogP contribution is 2.42. The van der Waals surface area contributed by atoms with Crippen LogP contribution in [0.15, 0.2) is 95.6 Å². The summed E-state index contributed by atoms with van der Waals surface area (Å²) in [7, 11) is 0. The van der Waals surface area contributed by atoms with Crippen molar-refractivity contribution in [3.05, 3.63) is 112 Å². The number of rotatable bonds is 5. The van der Waals surface area contributed by atoms with Crippen molar-refractivity contribution in [2.75, 3.05) is 16.8 Å². The third kappa shape index (κ3) is 4.44. The second kappa shape index (κ2) is 9.56. The molecular formula is C30H27BrN4O2. The minimum absolute atomic E-state index is 0.00168. The van der Waals surface area contributed by atoms with Gasteiger partial charge in [0.05, 0.1) is 22.8 Å². The Morgan fingerprint density at radius 3 is 2.46 bits per heavy atom. The molecule has 2 aliphatic rings. The number of aromatic nitrogens is 1. The van der Waals surface area contributed by atoms with E-state index in [0.29, 0.717) is 5.69 Å². The predicted octanol–water partition coefficient (Wildman–Crippen LogP) is 6.68. The van der Waals surface area contributed by atoms with Gasteiger partial charge in [0.15, 0.2) is 0 Å². The number of halogens is 1. The number of anilines is 2. The summed E-state index contributed by atoms with van der Waals surface area (Å²) in [6.45, 7) is 2.06. The van der Waals surface area contributed by atoms with Gasteiger partial charge in [-0.2, -0.15) is 0 Å². The van der Waals surface area contributed by atoms with Crippen LogP contribution in [0.25, 0.3) is 5.69 Å². The topological polar surface area (TPSA) is 57.6 Å². The molecule has 1 unspecified atom stereocenters. The van der Waals surface area contributed by atoms with Crippen LogP contribution in [0.5, 0.6) is 0 Å². The van der Waals surface area contributed by atoms with Gasteiger partial charge in [-0.1, -0.05) is 54.1 Å². The number of benzene rings is 3. The predicted molar refractivity (Wildman–Crippen MR) is 149 cm³/mol. The van der Waals surface area contributed by atoms with Crippen LogP contribution in [0.2, 0.25) is 0 Å². The Morgan fingerprint density at radius 2 is 1.70 bits per heavy atom. The van der Waals surface area contributed by atoms with Gasteiger partial charge in [0.1, 0.15) is 12.6 Å². The second-order valence-electron chi connectivity index (χ2n) is 9.64. The Morgan fingerprint density at radius 1 is 0.946 bits per heavy atom. The molecule has 7 heteroatoms. The maximum absolute atomic E-state index is 14.2. The summed E-state index contributed by atoms with van der Waals surface area (Å²) >= 11 is 3.50. The largest absolute Gasteiger partial charge is 0.322 e. The molecule has 1 fully saturated rings. The molecule has 2 heterocycles. The van der Waals surface area contributed by atoms with Crippen LogP contribution in [-0.4, -0.2) is 34.0 Å². The maximum atomic E-state index is 14.2. The summed E-state index contributed by atoms with van der Waals surface area (Å²) < 4.78 is 2.96. The average molecular weight is 555 g/mol. The van der Waals surface area contributed by atoms with E-state index in [9.17, 15) is 9.59 Å². The number of nitrogens with one attached hydrogen (secondary N) is 1. The van der Waals surface area contributed by atoms with E-state index in [1.165, 1.54) is 0 Å². The normalized spacial score (nSPS) is 16.1. The van der Waals surface area contributed by atoms with E-state index >= 15 is 0 Å². The highest BCUT2D eigenvalue weighted by molar-refractivity contribution is 9.10. The summed E-state index contributed by atoms with van der Waals surface area (Å²) in [4.78, 5) is 31.2. The first-order valence-electron chi connectivity index (χ1n) is 12.5. The Hall–Kier alpha value is -3.84. The number of para-hydroxylation sites is 3. The van der Waals surface area contributed by atoms with Gasteiger partial charge in [-0.3, -0.25) is 9.69 Å². The fourth-order valence-corrected chi connectivity index (χ4v) is 5.53. The smallest absolute Gasteiger partial charge is 0.316 e. The van der Waals surface area contributed by atoms with Gasteiger partial charge in [-0.25, -0.2) is 4.79 Å². The Kier molecular flexibility index (Phi) is 6.08. The molecule has 6 nitrogen and oxygen atoms in total. The van der Waals surface area contributed by atoms with Crippen LogP contribution in [0.4, 0.5) is 16.2 Å². The minimum atomic E-state index is -0.301. The SMILES string of the molecule is Cc1cccc(C2c3cccn3-c3ccccc3N2C(=O)CN(C(=O)Nc2ccccc2Br)C2CC2)c1. The highest BCUT2D eigenvalue weighted by Gasteiger charge is 2.40. The van der Waals surface area contributed by atoms with Crippen molar-refractivity contribution in [1.29, 1.82) is 0 Å². The van der Waals surface area contributed by atoms with Crippen LogP contribution in [-0.2, 0) is 4.79 Å². The Labute approximate surface area is 224 Å². The van der Waals surface area contributed by atoms with E-state index in [0.717, 1.165) is 45.5 Å². The maximum Gasteiger partial charge on any atom is 0.322 e. The van der Waals surface area contributed by atoms with E-state index in [1.54, 1.807) is 4.90 Å². The number of hydrogen-bond donors (Lipinski definition) is 1. The van der Waals surface area contributed by atoms with Crippen molar-refractivity contribution in [1.82, 2.24) is 9.47 Å². The van der Waals surface area contributed by atoms with E-state index in [4.69, 9.17) is 0 Å². The van der Waals surface area contributed by atoms with E-state index in [-0.39, 0.29) is 30.6 Å². The molecule has 1 aliphatic carbocycles. The summed E-state index contributed by atoms with van der Waals surface area (Å²) in [6.07, 6.45) is 3.84. The molecule has 0 spiro atoms. The molecule has 186 valence electrons. The van der Waals surface area contributed by atoms with E-state index in [2.05, 4.69) is 57.0 Å². The lowest BCUT2D eigenvalue weighted by atomic mass is 9.96. The Bertz CT molecular complexity index is 1490. The fourth-order valence-electron chi connectivity index (χ4n) is 5.14. The van der Waals surface area contributed by atoms with Gasteiger partial charge in [-0.05, 0) is 77.7 Å². The molecule has 3 amide bonds. The molecule has 3 aromatic carbocycles. The number of aryl methyl sites for hydroxylation is 1. The van der Waals surface area contributed by atoms with Crippen molar-refractivity contribution < 1.29 is 9.59 Å². The molecule has 6 rings (SSSR count). The van der Waals surface area contributed by atoms with Crippen LogP contribution in [0, 0.1) is 6.92 Å². The van der Waals surface area contributed by atoms with Crippen molar-refractivity contribution in [3.63, 3.8) is 0 Å². The number of nitrogens with zero attached hydrogens (tertiary/aromatic N) is 3. The first-order valence-corrected chi connectivity index (χ1v) is 13.3. The summed E-state index contributed by atoms with van der Waals surface area (Å²) in [5, 5.41) is 2.99. The highest BCUT2D eigenvalue weighted by atomic mass is 79.9. The monoisotopic (exact) mass is 554 g/mol. The van der Waals surface area contributed by atoms with Gasteiger partial charge in [0.25, 0.3) is 0 Å². The van der Waals surface area contributed by atoms with Crippen molar-refractivity contribution >= 4 is 39.2 Å². The van der Waals surface area contributed by atoms with Crippen molar-refractivity contribution in [2.24, 2.45) is 0 Å². The summed E-state index contributed by atoms with van der Waals surface area (Å²) in [5.41, 5.74) is 5.67. The van der Waals surface area contributed by atoms with Crippen molar-refractivity contribution in [2.45, 2.75) is 31.8 Å². The lowest BCUT2D eigenvalue weighted by Gasteiger charge is -2.39. The molecule has 1 atom stereocenters. The molecule has 4 aromatic rings. The van der Waals surface area contributed by atoms with Gasteiger partial charge < -0.3 is 14.8 Å². The molecule has 0 radical (unpaired) electrons. The van der Waals surface area contributed by atoms with Crippen LogP contribution >= 0.6 is 15.9 Å². The number of fused-ring (bicyclic) bond motifs is 3. The molecular weight excluding hydrogens is 528 g/mol. The third-order valence-electron chi connectivity index (χ3n) is 7.02. The fraction of sp³-hybridized carbons (Fsp3) is 0.200. The van der Waals surface area contributed by atoms with Crippen LogP contribution in [0.1, 0.15) is 35.7 Å². The van der Waals surface area contributed by atoms with Crippen LogP contribution < -0.4 is 10.2 Å². The van der Waals surface area contributed by atoms with Crippen molar-refractivity contribution in [3.8, 4) is 5.69 Å². The number of hydrogen-bond acceptors (Lipinski definition) is 2. The molecule has 0 saturated heterocycles. The summed E-state index contributed by atoms with van der Waals surface area (Å²) in [6, 6.07) is 27.4. The second-order valence-corrected chi connectivity index (χ2v) is 10.5. The number of urea groups is 1. The zero-order valence-electron chi connectivity index (χ0n) is 20.5. The van der Waals surface area contributed by atoms with Gasteiger partial charge >= 0.3 is 6.03 Å². The lowest BCUT2D eigenvalue weighted by molar-refractivity contribution is -0.119. The zero-order chi connectivity index (χ0) is 25.5. The standard InChI is InChI=1S/C30H27BrN4O2/c1-20-8-6-9-21(18-20)29-27-14-7-17-33(27)25-12-4-5-13-26(25)35(29)28(36)19-34(22-15-16-22)30(37)32-24-11-3-2-10-23(24)31/h2-14,17-18,22,29H,15-16,19H2,1H3,(H,32,37). The van der Waals surface area contributed by atoms with E-state index < -0.39 is 0 Å². The molecule has 1 N–H and O–H groups in total. The average Bonchev–Trinajstić information content (AvgIpc) is 3.62. The first kappa shape index (κ1) is 23.6. The number of amides is 3. The van der Waals surface area contributed by atoms with Gasteiger partial charge in [-0.15, -0.1) is 0 Å². The van der Waals surface area contributed by atoms with Gasteiger partial charge in [0, 0.05) is 16.7 Å². The first-order chi connectivity index (χ1) is 18.0. The number of carbonyl (C=O) groups excluding carboxylic acids is 2. The quantitative estimate of drug-likeness (QED) is 0.299. The zero-order valence-corrected chi connectivity index (χ0v) is 22.1. The van der Waals surface area contributed by atoms with Crippen LogP contribution in [0.3, 0.4) is 0 Å². The number of carbonyl (C=O) groups is 2. The minimum Gasteiger partial charge on any atom is -0.316 e.